The number of rotatable bonds is 6. The van der Waals surface area contributed by atoms with E-state index in [1.165, 1.54) is 0 Å². The molecule has 0 saturated heterocycles. The minimum Gasteiger partial charge on any atom is -0.324 e. The molecule has 0 saturated carbocycles. The normalized spacial score (nSPS) is 12.1. The van der Waals surface area contributed by atoms with E-state index in [4.69, 9.17) is 0 Å². The molecular weight excluding hydrogens is 360 g/mol. The van der Waals surface area contributed by atoms with Gasteiger partial charge < -0.3 is 9.72 Å². The van der Waals surface area contributed by atoms with Crippen molar-refractivity contribution in [3.63, 3.8) is 0 Å². The summed E-state index contributed by atoms with van der Waals surface area (Å²) in [4.78, 5) is 17.8. The van der Waals surface area contributed by atoms with Gasteiger partial charge in [-0.15, -0.1) is 0 Å². The molecule has 2 aromatic carbocycles. The van der Waals surface area contributed by atoms with Crippen molar-refractivity contribution in [1.29, 1.82) is 0 Å². The molecule has 2 heterocycles. The number of anilines is 1. The molecule has 0 aliphatic heterocycles. The maximum atomic E-state index is 13.2. The van der Waals surface area contributed by atoms with Gasteiger partial charge in [-0.25, -0.2) is 4.98 Å². The Hall–Kier alpha value is -3.44. The third-order valence-corrected chi connectivity index (χ3v) is 4.95. The number of hydrogen-bond acceptors (Lipinski definition) is 3. The fourth-order valence-corrected chi connectivity index (χ4v) is 3.36. The number of benzene rings is 2. The van der Waals surface area contributed by atoms with Crippen molar-refractivity contribution < 1.29 is 4.79 Å². The molecule has 1 atom stereocenters. The van der Waals surface area contributed by atoms with Crippen LogP contribution in [0, 0.1) is 13.8 Å². The van der Waals surface area contributed by atoms with Gasteiger partial charge in [-0.3, -0.25) is 10.1 Å². The van der Waals surface area contributed by atoms with Crippen LogP contribution in [0.15, 0.2) is 79.1 Å². The van der Waals surface area contributed by atoms with Crippen molar-refractivity contribution in [2.45, 2.75) is 26.4 Å². The van der Waals surface area contributed by atoms with E-state index in [1.54, 1.807) is 0 Å². The molecule has 5 nitrogen and oxygen atoms in total. The second-order valence-electron chi connectivity index (χ2n) is 7.23. The topological polar surface area (TPSA) is 58.4 Å². The summed E-state index contributed by atoms with van der Waals surface area (Å²) in [6.45, 7) is 4.50. The Morgan fingerprint density at radius 1 is 1.03 bits per heavy atom. The van der Waals surface area contributed by atoms with Gasteiger partial charge in [-0.1, -0.05) is 48.5 Å². The maximum absolute atomic E-state index is 13.2. The second kappa shape index (κ2) is 8.29. The Labute approximate surface area is 170 Å². The molecule has 146 valence electrons. The first-order valence-corrected chi connectivity index (χ1v) is 9.69. The zero-order chi connectivity index (χ0) is 20.2. The third-order valence-electron chi connectivity index (χ3n) is 4.95. The molecule has 4 aromatic rings. The average molecular weight is 384 g/mol. The number of hydrogen-bond donors (Lipinski definition) is 2. The molecule has 0 fully saturated rings. The van der Waals surface area contributed by atoms with E-state index in [2.05, 4.69) is 15.6 Å². The van der Waals surface area contributed by atoms with E-state index >= 15 is 0 Å². The number of aromatic nitrogens is 2. The zero-order valence-electron chi connectivity index (χ0n) is 16.6. The average Bonchev–Trinajstić information content (AvgIpc) is 3.14. The molecule has 2 aromatic heterocycles. The first kappa shape index (κ1) is 18.9. The van der Waals surface area contributed by atoms with E-state index in [0.29, 0.717) is 6.54 Å². The monoisotopic (exact) mass is 384 g/mol. The lowest BCUT2D eigenvalue weighted by atomic mass is 10.0. The standard InChI is InChI=1S/C24H24N4O/c1-17-11-12-18(2)21(14-17)27-24(29)23(19-8-4-3-5-9-19)25-15-20-16-28-13-7-6-10-22(28)26-20/h3-14,16,23,25H,15H2,1-2H3,(H,27,29)/t23-/m1/s1. The summed E-state index contributed by atoms with van der Waals surface area (Å²) in [6, 6.07) is 21.2. The molecule has 0 aliphatic rings. The number of nitrogens with zero attached hydrogens (tertiary/aromatic N) is 2. The summed E-state index contributed by atoms with van der Waals surface area (Å²) in [5, 5.41) is 6.46. The smallest absolute Gasteiger partial charge is 0.246 e. The molecule has 0 bridgehead atoms. The highest BCUT2D eigenvalue weighted by Gasteiger charge is 2.21. The predicted octanol–water partition coefficient (Wildman–Crippen LogP) is 4.42. The van der Waals surface area contributed by atoms with E-state index in [0.717, 1.165) is 33.7 Å². The first-order valence-electron chi connectivity index (χ1n) is 9.69. The van der Waals surface area contributed by atoms with Crippen molar-refractivity contribution in [2.24, 2.45) is 0 Å². The molecule has 0 radical (unpaired) electrons. The summed E-state index contributed by atoms with van der Waals surface area (Å²) in [6.07, 6.45) is 3.95. The number of fused-ring (bicyclic) bond motifs is 1. The van der Waals surface area contributed by atoms with Crippen LogP contribution < -0.4 is 10.6 Å². The van der Waals surface area contributed by atoms with Crippen LogP contribution >= 0.6 is 0 Å². The lowest BCUT2D eigenvalue weighted by Gasteiger charge is -2.19. The molecule has 4 rings (SSSR count). The largest absolute Gasteiger partial charge is 0.324 e. The van der Waals surface area contributed by atoms with Gasteiger partial charge in [0.2, 0.25) is 5.91 Å². The van der Waals surface area contributed by atoms with Crippen LogP contribution in [0.2, 0.25) is 0 Å². The summed E-state index contributed by atoms with van der Waals surface area (Å²) in [5.74, 6) is -0.0892. The van der Waals surface area contributed by atoms with Crippen molar-refractivity contribution in [3.8, 4) is 0 Å². The molecule has 1 amide bonds. The number of aryl methyl sites for hydroxylation is 2. The van der Waals surface area contributed by atoms with Gasteiger partial charge in [0, 0.05) is 24.6 Å². The van der Waals surface area contributed by atoms with Crippen LogP contribution in [0.4, 0.5) is 5.69 Å². The fraction of sp³-hybridized carbons (Fsp3) is 0.167. The number of carbonyl (C=O) groups is 1. The zero-order valence-corrected chi connectivity index (χ0v) is 16.6. The van der Waals surface area contributed by atoms with Crippen molar-refractivity contribution in [2.75, 3.05) is 5.32 Å². The highest BCUT2D eigenvalue weighted by Crippen LogP contribution is 2.20. The second-order valence-corrected chi connectivity index (χ2v) is 7.23. The van der Waals surface area contributed by atoms with Gasteiger partial charge in [-0.05, 0) is 48.7 Å². The van der Waals surface area contributed by atoms with Crippen LogP contribution in [-0.2, 0) is 11.3 Å². The summed E-state index contributed by atoms with van der Waals surface area (Å²) in [5.41, 5.74) is 5.68. The van der Waals surface area contributed by atoms with E-state index in [9.17, 15) is 4.79 Å². The number of pyridine rings is 1. The third kappa shape index (κ3) is 4.36. The van der Waals surface area contributed by atoms with Crippen LogP contribution in [0.25, 0.3) is 5.65 Å². The van der Waals surface area contributed by atoms with Gasteiger partial charge in [0.15, 0.2) is 0 Å². The Balaban J connectivity index is 1.56. The van der Waals surface area contributed by atoms with Gasteiger partial charge in [0.05, 0.1) is 5.69 Å². The fourth-order valence-electron chi connectivity index (χ4n) is 3.36. The highest BCUT2D eigenvalue weighted by molar-refractivity contribution is 5.96. The maximum Gasteiger partial charge on any atom is 0.246 e. The van der Waals surface area contributed by atoms with Crippen molar-refractivity contribution >= 4 is 17.2 Å². The number of imidazole rings is 1. The molecule has 0 spiro atoms. The lowest BCUT2D eigenvalue weighted by Crippen LogP contribution is -2.33. The van der Waals surface area contributed by atoms with Crippen LogP contribution in [0.5, 0.6) is 0 Å². The van der Waals surface area contributed by atoms with Crippen LogP contribution in [-0.4, -0.2) is 15.3 Å². The Bertz CT molecular complexity index is 1100. The summed E-state index contributed by atoms with van der Waals surface area (Å²) < 4.78 is 1.98. The molecule has 2 N–H and O–H groups in total. The van der Waals surface area contributed by atoms with Crippen LogP contribution in [0.3, 0.4) is 0 Å². The SMILES string of the molecule is Cc1ccc(C)c(NC(=O)[C@H](NCc2cn3ccccc3n2)c2ccccc2)c1. The number of nitrogens with one attached hydrogen (secondary N) is 2. The summed E-state index contributed by atoms with van der Waals surface area (Å²) in [7, 11) is 0. The molecule has 0 aliphatic carbocycles. The predicted molar refractivity (Wildman–Crippen MR) is 116 cm³/mol. The molecule has 5 heteroatoms. The quantitative estimate of drug-likeness (QED) is 0.517. The Morgan fingerprint density at radius 2 is 1.83 bits per heavy atom. The number of amides is 1. The number of carbonyl (C=O) groups excluding carboxylic acids is 1. The molecular formula is C24H24N4O. The van der Waals surface area contributed by atoms with Gasteiger partial charge in [-0.2, -0.15) is 0 Å². The summed E-state index contributed by atoms with van der Waals surface area (Å²) >= 11 is 0. The van der Waals surface area contributed by atoms with Crippen molar-refractivity contribution in [3.05, 3.63) is 102 Å². The van der Waals surface area contributed by atoms with Gasteiger partial charge in [0.1, 0.15) is 11.7 Å². The minimum absolute atomic E-state index is 0.0892. The van der Waals surface area contributed by atoms with E-state index in [1.807, 2.05) is 97.4 Å². The van der Waals surface area contributed by atoms with Crippen LogP contribution in [0.1, 0.15) is 28.4 Å². The Morgan fingerprint density at radius 3 is 2.62 bits per heavy atom. The first-order chi connectivity index (χ1) is 14.1. The van der Waals surface area contributed by atoms with Gasteiger partial charge in [0.25, 0.3) is 0 Å². The van der Waals surface area contributed by atoms with E-state index in [-0.39, 0.29) is 5.91 Å². The van der Waals surface area contributed by atoms with E-state index < -0.39 is 6.04 Å². The lowest BCUT2D eigenvalue weighted by molar-refractivity contribution is -0.118. The Kier molecular flexibility index (Phi) is 5.40. The minimum atomic E-state index is -0.485. The van der Waals surface area contributed by atoms with Crippen molar-refractivity contribution in [1.82, 2.24) is 14.7 Å². The van der Waals surface area contributed by atoms with Gasteiger partial charge >= 0.3 is 0 Å². The molecule has 0 unspecified atom stereocenters. The highest BCUT2D eigenvalue weighted by atomic mass is 16.2. The molecule has 29 heavy (non-hydrogen) atoms.